The Morgan fingerprint density at radius 1 is 1.40 bits per heavy atom. The van der Waals surface area contributed by atoms with Crippen molar-refractivity contribution in [3.8, 4) is 0 Å². The lowest BCUT2D eigenvalue weighted by molar-refractivity contribution is 0.614. The Morgan fingerprint density at radius 2 is 2.10 bits per heavy atom. The van der Waals surface area contributed by atoms with Gasteiger partial charge in [-0.05, 0) is 18.1 Å². The first-order valence-corrected chi connectivity index (χ1v) is 3.55. The number of hydrogen-bond acceptors (Lipinski definition) is 1. The van der Waals surface area contributed by atoms with Gasteiger partial charge in [-0.3, -0.25) is 0 Å². The van der Waals surface area contributed by atoms with Crippen molar-refractivity contribution in [3.63, 3.8) is 0 Å². The lowest BCUT2D eigenvalue weighted by atomic mass is 10.2. The van der Waals surface area contributed by atoms with Gasteiger partial charge in [0.15, 0.2) is 0 Å². The highest BCUT2D eigenvalue weighted by molar-refractivity contribution is 7.82. The molecule has 0 amide bonds. The maximum atomic E-state index is 12.7. The van der Waals surface area contributed by atoms with Crippen LogP contribution < -0.4 is 0 Å². The SMILES string of the molecule is Fc1ccccc1C[CH]S. The predicted octanol–water partition coefficient (Wildman–Crippen LogP) is 2.46. The summed E-state index contributed by atoms with van der Waals surface area (Å²) in [5, 5.41) is 0. The molecule has 1 rings (SSSR count). The first-order valence-electron chi connectivity index (χ1n) is 3.04. The molecular formula is C8H8FS. The van der Waals surface area contributed by atoms with Gasteiger partial charge >= 0.3 is 0 Å². The molecule has 10 heavy (non-hydrogen) atoms. The van der Waals surface area contributed by atoms with Crippen LogP contribution in [0.15, 0.2) is 24.3 Å². The van der Waals surface area contributed by atoms with Crippen LogP contribution in [0, 0.1) is 11.6 Å². The molecule has 1 radical (unpaired) electrons. The predicted molar refractivity (Wildman–Crippen MR) is 43.4 cm³/mol. The van der Waals surface area contributed by atoms with E-state index < -0.39 is 0 Å². The van der Waals surface area contributed by atoms with Gasteiger partial charge in [0.25, 0.3) is 0 Å². The van der Waals surface area contributed by atoms with Gasteiger partial charge < -0.3 is 0 Å². The zero-order valence-corrected chi connectivity index (χ0v) is 6.31. The van der Waals surface area contributed by atoms with Crippen molar-refractivity contribution in [3.05, 3.63) is 41.4 Å². The topological polar surface area (TPSA) is 0 Å². The molecule has 0 nitrogen and oxygen atoms in total. The zero-order valence-electron chi connectivity index (χ0n) is 5.42. The molecule has 0 saturated carbocycles. The van der Waals surface area contributed by atoms with E-state index >= 15 is 0 Å². The third-order valence-corrected chi connectivity index (χ3v) is 1.45. The number of thiol groups is 1. The van der Waals surface area contributed by atoms with Crippen LogP contribution in [0.25, 0.3) is 0 Å². The summed E-state index contributed by atoms with van der Waals surface area (Å²) >= 11 is 3.89. The fraction of sp³-hybridized carbons (Fsp3) is 0.125. The van der Waals surface area contributed by atoms with Crippen LogP contribution in [-0.2, 0) is 6.42 Å². The van der Waals surface area contributed by atoms with Crippen molar-refractivity contribution < 1.29 is 4.39 Å². The fourth-order valence-electron chi connectivity index (χ4n) is 0.762. The maximum absolute atomic E-state index is 12.7. The summed E-state index contributed by atoms with van der Waals surface area (Å²) in [6.45, 7) is 0. The molecule has 0 N–H and O–H groups in total. The minimum absolute atomic E-state index is 0.159. The fourth-order valence-corrected chi connectivity index (χ4v) is 0.959. The van der Waals surface area contributed by atoms with Crippen molar-refractivity contribution >= 4 is 12.6 Å². The molecule has 0 aliphatic rings. The average molecular weight is 155 g/mol. The molecule has 0 unspecified atom stereocenters. The summed E-state index contributed by atoms with van der Waals surface area (Å²) in [6.07, 6.45) is 0.579. The van der Waals surface area contributed by atoms with Crippen molar-refractivity contribution in [1.82, 2.24) is 0 Å². The summed E-state index contributed by atoms with van der Waals surface area (Å²) in [5.41, 5.74) is 0.692. The second-order valence-corrected chi connectivity index (χ2v) is 2.34. The molecule has 0 saturated heterocycles. The molecule has 0 bridgehead atoms. The molecule has 0 heterocycles. The summed E-state index contributed by atoms with van der Waals surface area (Å²) in [5.74, 6) is 1.48. The van der Waals surface area contributed by atoms with Crippen LogP contribution in [0.2, 0.25) is 0 Å². The van der Waals surface area contributed by atoms with Gasteiger partial charge in [-0.25, -0.2) is 4.39 Å². The Kier molecular flexibility index (Phi) is 2.75. The highest BCUT2D eigenvalue weighted by Gasteiger charge is 1.96. The molecule has 1 aromatic carbocycles. The van der Waals surface area contributed by atoms with Gasteiger partial charge in [-0.15, -0.1) is 0 Å². The van der Waals surface area contributed by atoms with E-state index in [0.717, 1.165) is 0 Å². The van der Waals surface area contributed by atoms with Crippen LogP contribution >= 0.6 is 12.6 Å². The van der Waals surface area contributed by atoms with E-state index in [0.29, 0.717) is 12.0 Å². The van der Waals surface area contributed by atoms with Crippen molar-refractivity contribution in [2.45, 2.75) is 6.42 Å². The molecule has 53 valence electrons. The van der Waals surface area contributed by atoms with E-state index in [1.54, 1.807) is 17.9 Å². The van der Waals surface area contributed by atoms with Gasteiger partial charge in [0.05, 0.1) is 0 Å². The second-order valence-electron chi connectivity index (χ2n) is 1.98. The third-order valence-electron chi connectivity index (χ3n) is 1.27. The zero-order chi connectivity index (χ0) is 7.40. The Morgan fingerprint density at radius 3 is 2.70 bits per heavy atom. The number of halogens is 1. The molecule has 1 aromatic rings. The molecule has 0 aliphatic carbocycles. The van der Waals surface area contributed by atoms with Crippen molar-refractivity contribution in [2.24, 2.45) is 0 Å². The minimum Gasteiger partial charge on any atom is -0.207 e. The summed E-state index contributed by atoms with van der Waals surface area (Å²) in [4.78, 5) is 0. The second kappa shape index (κ2) is 3.62. The Labute approximate surface area is 65.5 Å². The van der Waals surface area contributed by atoms with Gasteiger partial charge in [-0.1, -0.05) is 18.2 Å². The molecule has 0 aliphatic heterocycles. The first kappa shape index (κ1) is 7.61. The monoisotopic (exact) mass is 155 g/mol. The minimum atomic E-state index is -0.159. The standard InChI is InChI=1S/C8H8FS/c9-8-4-2-1-3-7(8)5-6-10/h1-4,6,10H,5H2. The van der Waals surface area contributed by atoms with E-state index in [4.69, 9.17) is 0 Å². The number of rotatable bonds is 2. The molecule has 0 aromatic heterocycles. The van der Waals surface area contributed by atoms with Gasteiger partial charge in [0, 0.05) is 5.75 Å². The van der Waals surface area contributed by atoms with Gasteiger partial charge in [-0.2, -0.15) is 12.6 Å². The smallest absolute Gasteiger partial charge is 0.126 e. The Balaban J connectivity index is 2.81. The lowest BCUT2D eigenvalue weighted by Crippen LogP contribution is -1.86. The maximum Gasteiger partial charge on any atom is 0.126 e. The van der Waals surface area contributed by atoms with E-state index in [1.807, 2.05) is 6.07 Å². The van der Waals surface area contributed by atoms with E-state index in [9.17, 15) is 4.39 Å². The van der Waals surface area contributed by atoms with E-state index in [1.165, 1.54) is 6.07 Å². The molecule has 0 spiro atoms. The normalized spacial score (nSPS) is 9.80. The third kappa shape index (κ3) is 1.74. The Bertz CT molecular complexity index is 210. The Hall–Kier alpha value is -0.500. The van der Waals surface area contributed by atoms with Crippen molar-refractivity contribution in [2.75, 3.05) is 0 Å². The van der Waals surface area contributed by atoms with Crippen LogP contribution in [0.4, 0.5) is 4.39 Å². The summed E-state index contributed by atoms with van der Waals surface area (Å²) in [7, 11) is 0. The van der Waals surface area contributed by atoms with Crippen LogP contribution in [0.5, 0.6) is 0 Å². The number of benzene rings is 1. The first-order chi connectivity index (χ1) is 4.84. The van der Waals surface area contributed by atoms with Crippen LogP contribution in [0.1, 0.15) is 5.56 Å². The quantitative estimate of drug-likeness (QED) is 0.623. The highest BCUT2D eigenvalue weighted by Crippen LogP contribution is 2.08. The average Bonchev–Trinajstić information content (AvgIpc) is 1.94. The van der Waals surface area contributed by atoms with Gasteiger partial charge in [0.2, 0.25) is 0 Å². The number of hydrogen-bond donors (Lipinski definition) is 1. The molecular weight excluding hydrogens is 147 g/mol. The lowest BCUT2D eigenvalue weighted by Gasteiger charge is -1.97. The van der Waals surface area contributed by atoms with Gasteiger partial charge in [0.1, 0.15) is 5.82 Å². The molecule has 0 fully saturated rings. The summed E-state index contributed by atoms with van der Waals surface area (Å²) < 4.78 is 12.7. The van der Waals surface area contributed by atoms with Crippen LogP contribution in [0.3, 0.4) is 0 Å². The van der Waals surface area contributed by atoms with E-state index in [-0.39, 0.29) is 5.82 Å². The van der Waals surface area contributed by atoms with Crippen LogP contribution in [-0.4, -0.2) is 0 Å². The van der Waals surface area contributed by atoms with E-state index in [2.05, 4.69) is 12.6 Å². The molecule has 2 heteroatoms. The van der Waals surface area contributed by atoms with Crippen molar-refractivity contribution in [1.29, 1.82) is 0 Å². The molecule has 0 atom stereocenters. The highest BCUT2D eigenvalue weighted by atomic mass is 32.1. The largest absolute Gasteiger partial charge is 0.207 e. The summed E-state index contributed by atoms with van der Waals surface area (Å²) in [6, 6.07) is 6.70.